The predicted molar refractivity (Wildman–Crippen MR) is 109 cm³/mol. The SMILES string of the molecule is COc1cc(C(C)N2Cc3c(ccnc3NC(=O)c3cocn3)C2=O)cnc1OCC(F)(F)F. The van der Waals surface area contributed by atoms with Crippen LogP contribution in [0.5, 0.6) is 11.6 Å². The monoisotopic (exact) mass is 477 g/mol. The number of amides is 2. The van der Waals surface area contributed by atoms with Crippen molar-refractivity contribution in [3.63, 3.8) is 0 Å². The molecule has 0 bridgehead atoms. The Labute approximate surface area is 190 Å². The molecule has 10 nitrogen and oxygen atoms in total. The molecule has 0 aliphatic carbocycles. The van der Waals surface area contributed by atoms with Gasteiger partial charge in [0.05, 0.1) is 19.7 Å². The average molecular weight is 477 g/mol. The van der Waals surface area contributed by atoms with Gasteiger partial charge in [-0.25, -0.2) is 15.0 Å². The van der Waals surface area contributed by atoms with Crippen LogP contribution in [0.15, 0.2) is 41.6 Å². The minimum Gasteiger partial charge on any atom is -0.491 e. The number of oxazole rings is 1. The summed E-state index contributed by atoms with van der Waals surface area (Å²) >= 11 is 0. The van der Waals surface area contributed by atoms with Crippen molar-refractivity contribution < 1.29 is 36.7 Å². The number of rotatable bonds is 7. The zero-order chi connectivity index (χ0) is 24.5. The number of aromatic nitrogens is 3. The first kappa shape index (κ1) is 23.0. The highest BCUT2D eigenvalue weighted by Crippen LogP contribution is 2.36. The van der Waals surface area contributed by atoms with E-state index in [1.54, 1.807) is 13.0 Å². The lowest BCUT2D eigenvalue weighted by Gasteiger charge is -2.25. The van der Waals surface area contributed by atoms with Crippen molar-refractivity contribution in [1.29, 1.82) is 0 Å². The number of carbonyl (C=O) groups excluding carboxylic acids is 2. The van der Waals surface area contributed by atoms with Crippen LogP contribution in [-0.4, -0.2) is 51.6 Å². The Morgan fingerprint density at radius 1 is 1.32 bits per heavy atom. The van der Waals surface area contributed by atoms with E-state index < -0.39 is 24.7 Å². The van der Waals surface area contributed by atoms with Crippen LogP contribution >= 0.6 is 0 Å². The first-order chi connectivity index (χ1) is 16.2. The summed E-state index contributed by atoms with van der Waals surface area (Å²) in [7, 11) is 1.28. The van der Waals surface area contributed by atoms with Crippen LogP contribution in [0.4, 0.5) is 19.0 Å². The molecule has 1 unspecified atom stereocenters. The molecule has 1 N–H and O–H groups in total. The van der Waals surface area contributed by atoms with E-state index in [1.165, 1.54) is 36.7 Å². The van der Waals surface area contributed by atoms with Crippen molar-refractivity contribution in [2.75, 3.05) is 19.0 Å². The van der Waals surface area contributed by atoms with E-state index in [9.17, 15) is 22.8 Å². The Morgan fingerprint density at radius 2 is 2.12 bits per heavy atom. The van der Waals surface area contributed by atoms with E-state index in [0.717, 1.165) is 6.39 Å². The summed E-state index contributed by atoms with van der Waals surface area (Å²) < 4.78 is 52.1. The summed E-state index contributed by atoms with van der Waals surface area (Å²) in [6, 6.07) is 2.48. The quantitative estimate of drug-likeness (QED) is 0.550. The summed E-state index contributed by atoms with van der Waals surface area (Å²) in [6.45, 7) is 0.352. The summed E-state index contributed by atoms with van der Waals surface area (Å²) in [5.41, 5.74) is 1.45. The molecule has 1 aliphatic rings. The van der Waals surface area contributed by atoms with Gasteiger partial charge in [-0.15, -0.1) is 0 Å². The molecule has 0 fully saturated rings. The number of methoxy groups -OCH3 is 1. The second-order valence-electron chi connectivity index (χ2n) is 7.30. The van der Waals surface area contributed by atoms with Gasteiger partial charge in [0.2, 0.25) is 0 Å². The topological polar surface area (TPSA) is 120 Å². The van der Waals surface area contributed by atoms with Crippen molar-refractivity contribution in [2.45, 2.75) is 25.7 Å². The second-order valence-corrected chi connectivity index (χ2v) is 7.30. The number of ether oxygens (including phenoxy) is 2. The third kappa shape index (κ3) is 4.63. The standard InChI is InChI=1S/C21H18F3N5O5/c1-11(12-5-16(32-2)19(26-6-12)34-9-21(22,23)24)29-7-14-13(20(29)31)3-4-25-17(14)28-18(30)15-8-33-10-27-15/h3-6,8,10-11H,7,9H2,1-2H3,(H,25,28,30). The molecule has 1 aliphatic heterocycles. The number of alkyl halides is 3. The van der Waals surface area contributed by atoms with Gasteiger partial charge >= 0.3 is 6.18 Å². The van der Waals surface area contributed by atoms with E-state index >= 15 is 0 Å². The van der Waals surface area contributed by atoms with Crippen molar-refractivity contribution in [2.24, 2.45) is 0 Å². The Kier molecular flexibility index (Phi) is 6.09. The third-order valence-corrected chi connectivity index (χ3v) is 5.15. The van der Waals surface area contributed by atoms with Gasteiger partial charge in [0.25, 0.3) is 17.7 Å². The molecule has 0 radical (unpaired) electrons. The van der Waals surface area contributed by atoms with Gasteiger partial charge in [0.1, 0.15) is 12.1 Å². The maximum absolute atomic E-state index is 13.1. The van der Waals surface area contributed by atoms with Gasteiger partial charge < -0.3 is 24.1 Å². The van der Waals surface area contributed by atoms with E-state index in [0.29, 0.717) is 16.7 Å². The lowest BCUT2D eigenvalue weighted by molar-refractivity contribution is -0.154. The molecule has 0 saturated carbocycles. The number of nitrogens with zero attached hydrogens (tertiary/aromatic N) is 4. The van der Waals surface area contributed by atoms with Crippen LogP contribution in [0.1, 0.15) is 44.9 Å². The summed E-state index contributed by atoms with van der Waals surface area (Å²) in [5.74, 6) is -0.954. The van der Waals surface area contributed by atoms with E-state index in [2.05, 4.69) is 20.3 Å². The van der Waals surface area contributed by atoms with E-state index in [4.69, 9.17) is 13.9 Å². The number of pyridine rings is 2. The number of nitrogens with one attached hydrogen (secondary N) is 1. The lowest BCUT2D eigenvalue weighted by Crippen LogP contribution is -2.27. The van der Waals surface area contributed by atoms with Gasteiger partial charge in [-0.1, -0.05) is 0 Å². The largest absolute Gasteiger partial charge is 0.491 e. The number of anilines is 1. The third-order valence-electron chi connectivity index (χ3n) is 5.15. The number of hydrogen-bond acceptors (Lipinski definition) is 8. The molecule has 0 aromatic carbocycles. The first-order valence-corrected chi connectivity index (χ1v) is 9.90. The van der Waals surface area contributed by atoms with Crippen molar-refractivity contribution in [3.8, 4) is 11.6 Å². The van der Waals surface area contributed by atoms with Crippen LogP contribution in [0.3, 0.4) is 0 Å². The van der Waals surface area contributed by atoms with Gasteiger partial charge in [0, 0.05) is 23.5 Å². The molecule has 0 spiro atoms. The van der Waals surface area contributed by atoms with Gasteiger partial charge in [0.15, 0.2) is 24.4 Å². The zero-order valence-electron chi connectivity index (χ0n) is 17.9. The Morgan fingerprint density at radius 3 is 2.79 bits per heavy atom. The van der Waals surface area contributed by atoms with Crippen molar-refractivity contribution >= 4 is 17.6 Å². The van der Waals surface area contributed by atoms with Crippen LogP contribution in [-0.2, 0) is 6.54 Å². The van der Waals surface area contributed by atoms with Gasteiger partial charge in [-0.05, 0) is 24.6 Å². The predicted octanol–water partition coefficient (Wildman–Crippen LogP) is 3.38. The highest BCUT2D eigenvalue weighted by molar-refractivity contribution is 6.05. The fourth-order valence-corrected chi connectivity index (χ4v) is 3.43. The molecule has 13 heteroatoms. The number of carbonyl (C=O) groups is 2. The van der Waals surface area contributed by atoms with E-state index in [1.807, 2.05) is 0 Å². The molecule has 4 heterocycles. The highest BCUT2D eigenvalue weighted by atomic mass is 19.4. The summed E-state index contributed by atoms with van der Waals surface area (Å²) in [4.78, 5) is 38.8. The highest BCUT2D eigenvalue weighted by Gasteiger charge is 2.35. The molecule has 3 aromatic heterocycles. The zero-order valence-corrected chi connectivity index (χ0v) is 17.9. The van der Waals surface area contributed by atoms with Crippen LogP contribution < -0.4 is 14.8 Å². The molecular weight excluding hydrogens is 459 g/mol. The van der Waals surface area contributed by atoms with Crippen LogP contribution in [0.2, 0.25) is 0 Å². The van der Waals surface area contributed by atoms with Gasteiger partial charge in [-0.3, -0.25) is 9.59 Å². The van der Waals surface area contributed by atoms with Gasteiger partial charge in [-0.2, -0.15) is 13.2 Å². The molecule has 4 rings (SSSR count). The lowest BCUT2D eigenvalue weighted by atomic mass is 10.1. The minimum absolute atomic E-state index is 0.00000816. The molecule has 1 atom stereocenters. The second kappa shape index (κ2) is 9.00. The average Bonchev–Trinajstić information content (AvgIpc) is 3.46. The summed E-state index contributed by atoms with van der Waals surface area (Å²) in [5, 5.41) is 2.62. The molecule has 0 saturated heterocycles. The maximum Gasteiger partial charge on any atom is 0.422 e. The molecule has 34 heavy (non-hydrogen) atoms. The van der Waals surface area contributed by atoms with E-state index in [-0.39, 0.29) is 35.6 Å². The smallest absolute Gasteiger partial charge is 0.422 e. The fraction of sp³-hybridized carbons (Fsp3) is 0.286. The number of hydrogen-bond donors (Lipinski definition) is 1. The van der Waals surface area contributed by atoms with Crippen LogP contribution in [0.25, 0.3) is 0 Å². The van der Waals surface area contributed by atoms with Crippen molar-refractivity contribution in [3.05, 3.63) is 59.6 Å². The molecule has 178 valence electrons. The normalized spacial score (nSPS) is 14.0. The van der Waals surface area contributed by atoms with Crippen molar-refractivity contribution in [1.82, 2.24) is 19.9 Å². The fourth-order valence-electron chi connectivity index (χ4n) is 3.43. The maximum atomic E-state index is 13.1. The molecule has 2 amide bonds. The molecular formula is C21H18F3N5O5. The Hall–Kier alpha value is -4.16. The molecule has 3 aromatic rings. The first-order valence-electron chi connectivity index (χ1n) is 9.90. The minimum atomic E-state index is -4.53. The van der Waals surface area contributed by atoms with Crippen LogP contribution in [0, 0.1) is 0 Å². The number of halogens is 3. The Balaban J connectivity index is 1.54. The Bertz CT molecular complexity index is 1220. The summed E-state index contributed by atoms with van der Waals surface area (Å²) in [6.07, 6.45) is 0.496. The number of fused-ring (bicyclic) bond motifs is 1.